The number of ether oxygens (including phenoxy) is 3. The molecule has 53 heavy (non-hydrogen) atoms. The van der Waals surface area contributed by atoms with E-state index >= 15 is 0 Å². The van der Waals surface area contributed by atoms with E-state index in [0.717, 1.165) is 76.0 Å². The fraction of sp³-hybridized carbons (Fsp3) is 0.936. The Balaban J connectivity index is 4.15. The van der Waals surface area contributed by atoms with Gasteiger partial charge in [-0.1, -0.05) is 214 Å². The van der Waals surface area contributed by atoms with Crippen LogP contribution in [0.4, 0.5) is 0 Å². The molecular formula is C47H90O6. The van der Waals surface area contributed by atoms with Gasteiger partial charge < -0.3 is 14.2 Å². The highest BCUT2D eigenvalue weighted by Crippen LogP contribution is 2.18. The van der Waals surface area contributed by atoms with E-state index in [-0.39, 0.29) is 31.1 Å². The number of hydrogen-bond donors (Lipinski definition) is 0. The summed E-state index contributed by atoms with van der Waals surface area (Å²) in [7, 11) is 0. The first kappa shape index (κ1) is 51.4. The Morgan fingerprint density at radius 1 is 0.377 bits per heavy atom. The molecule has 0 amide bonds. The van der Waals surface area contributed by atoms with Gasteiger partial charge in [0.2, 0.25) is 0 Å². The Morgan fingerprint density at radius 2 is 0.660 bits per heavy atom. The second-order valence-electron chi connectivity index (χ2n) is 16.5. The zero-order valence-corrected chi connectivity index (χ0v) is 36.1. The molecule has 0 fully saturated rings. The number of esters is 3. The van der Waals surface area contributed by atoms with Crippen molar-refractivity contribution in [3.63, 3.8) is 0 Å². The third-order valence-corrected chi connectivity index (χ3v) is 11.2. The molecule has 0 aromatic carbocycles. The highest BCUT2D eigenvalue weighted by Gasteiger charge is 2.19. The minimum absolute atomic E-state index is 0.0659. The Kier molecular flexibility index (Phi) is 38.9. The summed E-state index contributed by atoms with van der Waals surface area (Å²) < 4.78 is 16.6. The number of carbonyl (C=O) groups excluding carboxylic acids is 3. The molecule has 0 aliphatic rings. The fourth-order valence-corrected chi connectivity index (χ4v) is 6.86. The lowest BCUT2D eigenvalue weighted by atomic mass is 9.99. The predicted molar refractivity (Wildman–Crippen MR) is 224 cm³/mol. The quantitative estimate of drug-likeness (QED) is 0.0352. The lowest BCUT2D eigenvalue weighted by Gasteiger charge is -2.18. The molecule has 0 bridgehead atoms. The van der Waals surface area contributed by atoms with E-state index < -0.39 is 6.10 Å². The highest BCUT2D eigenvalue weighted by molar-refractivity contribution is 5.71. The van der Waals surface area contributed by atoms with E-state index in [4.69, 9.17) is 14.2 Å². The summed E-state index contributed by atoms with van der Waals surface area (Å²) in [5.74, 6) is 0.870. The summed E-state index contributed by atoms with van der Waals surface area (Å²) in [4.78, 5) is 37.5. The molecule has 0 N–H and O–H groups in total. The first-order chi connectivity index (χ1) is 25.8. The number of hydrogen-bond acceptors (Lipinski definition) is 6. The van der Waals surface area contributed by atoms with Crippen molar-refractivity contribution in [1.29, 1.82) is 0 Å². The molecule has 0 aliphatic heterocycles. The van der Waals surface area contributed by atoms with Crippen LogP contribution in [-0.4, -0.2) is 37.2 Å². The SMILES string of the molecule is CCCCCCCC(=O)OC[C@H](COC(=O)CCCCCCCCCCCCCCCCC(C)CC)OC(=O)CCCCCCCCCCC(C)CC. The molecule has 0 aromatic rings. The number of rotatable bonds is 41. The third kappa shape index (κ3) is 38.5. The summed E-state index contributed by atoms with van der Waals surface area (Å²) in [5, 5.41) is 0. The third-order valence-electron chi connectivity index (χ3n) is 11.2. The van der Waals surface area contributed by atoms with Gasteiger partial charge in [0.15, 0.2) is 6.10 Å². The Morgan fingerprint density at radius 3 is 0.981 bits per heavy atom. The van der Waals surface area contributed by atoms with Gasteiger partial charge in [-0.05, 0) is 31.1 Å². The van der Waals surface area contributed by atoms with Crippen LogP contribution in [0.25, 0.3) is 0 Å². The minimum atomic E-state index is -0.759. The molecule has 6 nitrogen and oxygen atoms in total. The van der Waals surface area contributed by atoms with Gasteiger partial charge in [0.05, 0.1) is 0 Å². The normalized spacial score (nSPS) is 13.1. The molecule has 0 saturated carbocycles. The van der Waals surface area contributed by atoms with Crippen molar-refractivity contribution in [2.24, 2.45) is 11.8 Å². The van der Waals surface area contributed by atoms with Gasteiger partial charge in [0.1, 0.15) is 13.2 Å². The average Bonchev–Trinajstić information content (AvgIpc) is 3.15. The standard InChI is InChI=1S/C47H90O6/c1-6-9-10-25-32-37-45(48)51-40-44(53-47(50)39-34-29-24-20-19-22-27-31-36-43(5)8-3)41-52-46(49)38-33-28-23-18-16-14-12-11-13-15-17-21-26-30-35-42(4)7-2/h42-44H,6-41H2,1-5H3/t42?,43?,44-/m1/s1. The predicted octanol–water partition coefficient (Wildman–Crippen LogP) is 14.6. The molecule has 0 aliphatic carbocycles. The van der Waals surface area contributed by atoms with E-state index in [9.17, 15) is 14.4 Å². The van der Waals surface area contributed by atoms with Crippen LogP contribution in [0.3, 0.4) is 0 Å². The van der Waals surface area contributed by atoms with Crippen molar-refractivity contribution in [1.82, 2.24) is 0 Å². The van der Waals surface area contributed by atoms with E-state index in [1.807, 2.05) is 0 Å². The van der Waals surface area contributed by atoms with Gasteiger partial charge in [0.25, 0.3) is 0 Å². The Labute approximate surface area is 329 Å². The lowest BCUT2D eigenvalue weighted by Crippen LogP contribution is -2.30. The second-order valence-corrected chi connectivity index (χ2v) is 16.5. The van der Waals surface area contributed by atoms with Crippen molar-refractivity contribution >= 4 is 17.9 Å². The largest absolute Gasteiger partial charge is 0.462 e. The van der Waals surface area contributed by atoms with Crippen molar-refractivity contribution in [2.75, 3.05) is 13.2 Å². The fourth-order valence-electron chi connectivity index (χ4n) is 6.86. The summed E-state index contributed by atoms with van der Waals surface area (Å²) in [6.45, 7) is 11.3. The molecule has 0 radical (unpaired) electrons. The van der Waals surface area contributed by atoms with Gasteiger partial charge in [-0.15, -0.1) is 0 Å². The van der Waals surface area contributed by atoms with Crippen LogP contribution in [0.15, 0.2) is 0 Å². The Hall–Kier alpha value is -1.59. The lowest BCUT2D eigenvalue weighted by molar-refractivity contribution is -0.167. The van der Waals surface area contributed by atoms with Crippen LogP contribution in [0.5, 0.6) is 0 Å². The molecule has 0 saturated heterocycles. The van der Waals surface area contributed by atoms with Crippen LogP contribution < -0.4 is 0 Å². The summed E-state index contributed by atoms with van der Waals surface area (Å²) in [6, 6.07) is 0. The maximum atomic E-state index is 12.7. The summed E-state index contributed by atoms with van der Waals surface area (Å²) in [5.41, 5.74) is 0. The molecular weight excluding hydrogens is 661 g/mol. The smallest absolute Gasteiger partial charge is 0.306 e. The van der Waals surface area contributed by atoms with E-state index in [2.05, 4.69) is 34.6 Å². The van der Waals surface area contributed by atoms with Crippen molar-refractivity contribution in [3.05, 3.63) is 0 Å². The molecule has 0 aromatic heterocycles. The van der Waals surface area contributed by atoms with Gasteiger partial charge >= 0.3 is 17.9 Å². The molecule has 0 heterocycles. The first-order valence-electron chi connectivity index (χ1n) is 23.3. The monoisotopic (exact) mass is 751 g/mol. The molecule has 2 unspecified atom stereocenters. The maximum Gasteiger partial charge on any atom is 0.306 e. The van der Waals surface area contributed by atoms with Crippen molar-refractivity contribution in [2.45, 2.75) is 259 Å². The molecule has 0 rings (SSSR count). The van der Waals surface area contributed by atoms with Crippen LogP contribution in [0.1, 0.15) is 253 Å². The van der Waals surface area contributed by atoms with Gasteiger partial charge in [-0.3, -0.25) is 14.4 Å². The van der Waals surface area contributed by atoms with E-state index in [1.54, 1.807) is 0 Å². The van der Waals surface area contributed by atoms with Crippen molar-refractivity contribution in [3.8, 4) is 0 Å². The topological polar surface area (TPSA) is 78.9 Å². The van der Waals surface area contributed by atoms with E-state index in [0.29, 0.717) is 19.3 Å². The zero-order chi connectivity index (χ0) is 39.0. The first-order valence-corrected chi connectivity index (χ1v) is 23.3. The van der Waals surface area contributed by atoms with Crippen LogP contribution in [-0.2, 0) is 28.6 Å². The number of carbonyl (C=O) groups is 3. The number of unbranched alkanes of at least 4 members (excludes halogenated alkanes) is 24. The average molecular weight is 751 g/mol. The van der Waals surface area contributed by atoms with Crippen molar-refractivity contribution < 1.29 is 28.6 Å². The molecule has 3 atom stereocenters. The maximum absolute atomic E-state index is 12.7. The Bertz CT molecular complexity index is 813. The summed E-state index contributed by atoms with van der Waals surface area (Å²) in [6.07, 6.45) is 38.2. The second kappa shape index (κ2) is 40.1. The minimum Gasteiger partial charge on any atom is -0.462 e. The van der Waals surface area contributed by atoms with Gasteiger partial charge in [0, 0.05) is 19.3 Å². The van der Waals surface area contributed by atoms with Gasteiger partial charge in [-0.2, -0.15) is 0 Å². The van der Waals surface area contributed by atoms with Crippen LogP contribution in [0, 0.1) is 11.8 Å². The van der Waals surface area contributed by atoms with Crippen LogP contribution >= 0.6 is 0 Å². The molecule has 0 spiro atoms. The zero-order valence-electron chi connectivity index (χ0n) is 36.1. The van der Waals surface area contributed by atoms with E-state index in [1.165, 1.54) is 135 Å². The molecule has 6 heteroatoms. The van der Waals surface area contributed by atoms with Crippen LogP contribution in [0.2, 0.25) is 0 Å². The summed E-state index contributed by atoms with van der Waals surface area (Å²) >= 11 is 0. The molecule has 314 valence electrons. The highest BCUT2D eigenvalue weighted by atomic mass is 16.6. The van der Waals surface area contributed by atoms with Gasteiger partial charge in [-0.25, -0.2) is 0 Å².